The van der Waals surface area contributed by atoms with E-state index >= 15 is 0 Å². The third-order valence-corrected chi connectivity index (χ3v) is 3.41. The smallest absolute Gasteiger partial charge is 0.255 e. The molecule has 0 saturated heterocycles. The average molecular weight is 282 g/mol. The molecule has 0 bridgehead atoms. The molecule has 6 nitrogen and oxygen atoms in total. The van der Waals surface area contributed by atoms with E-state index in [4.69, 9.17) is 16.3 Å². The van der Waals surface area contributed by atoms with Gasteiger partial charge in [-0.2, -0.15) is 19.6 Å². The van der Waals surface area contributed by atoms with Crippen molar-refractivity contribution >= 4 is 23.2 Å². The Morgan fingerprint density at radius 1 is 1.53 bits per heavy atom. The van der Waals surface area contributed by atoms with Crippen LogP contribution in [0.15, 0.2) is 12.4 Å². The van der Waals surface area contributed by atoms with Crippen molar-refractivity contribution < 1.29 is 4.74 Å². The first kappa shape index (κ1) is 12.6. The molecule has 2 aromatic heterocycles. The summed E-state index contributed by atoms with van der Waals surface area (Å²) in [5.74, 6) is 2.17. The average Bonchev–Trinajstić information content (AvgIpc) is 3.10. The zero-order valence-corrected chi connectivity index (χ0v) is 11.5. The fourth-order valence-electron chi connectivity index (χ4n) is 1.89. The highest BCUT2D eigenvalue weighted by Crippen LogP contribution is 2.28. The first-order chi connectivity index (χ1) is 9.24. The Morgan fingerprint density at radius 3 is 3.16 bits per heavy atom. The molecular formula is C12H16ClN5O. The lowest BCUT2D eigenvalue weighted by Gasteiger charge is -2.19. The largest absolute Gasteiger partial charge is 0.379 e. The molecular weight excluding hydrogens is 266 g/mol. The molecule has 0 aliphatic heterocycles. The number of fused-ring (bicyclic) bond motifs is 1. The maximum atomic E-state index is 5.99. The van der Waals surface area contributed by atoms with Gasteiger partial charge in [-0.1, -0.05) is 11.6 Å². The Labute approximate surface area is 116 Å². The molecule has 102 valence electrons. The number of likely N-dealkylation sites (N-methyl/N-ethyl adjacent to an activating group) is 1. The summed E-state index contributed by atoms with van der Waals surface area (Å²) in [4.78, 5) is 10.2. The van der Waals surface area contributed by atoms with E-state index in [0.29, 0.717) is 17.5 Å². The quantitative estimate of drug-likeness (QED) is 0.595. The first-order valence-corrected chi connectivity index (χ1v) is 6.77. The zero-order chi connectivity index (χ0) is 13.2. The Bertz CT molecular complexity index is 568. The Balaban J connectivity index is 1.65. The zero-order valence-electron chi connectivity index (χ0n) is 10.8. The minimum Gasteiger partial charge on any atom is -0.379 e. The fourth-order valence-corrected chi connectivity index (χ4v) is 2.06. The first-order valence-electron chi connectivity index (χ1n) is 6.39. The van der Waals surface area contributed by atoms with Crippen LogP contribution in [0.3, 0.4) is 0 Å². The Hall–Kier alpha value is -1.40. The molecule has 7 heteroatoms. The molecule has 2 aromatic rings. The van der Waals surface area contributed by atoms with Gasteiger partial charge in [0.1, 0.15) is 17.3 Å². The van der Waals surface area contributed by atoms with Gasteiger partial charge >= 0.3 is 0 Å². The molecule has 0 atom stereocenters. The van der Waals surface area contributed by atoms with Crippen molar-refractivity contribution in [1.82, 2.24) is 19.6 Å². The summed E-state index contributed by atoms with van der Waals surface area (Å²) in [5.41, 5.74) is 0. The van der Waals surface area contributed by atoms with Crippen molar-refractivity contribution in [2.24, 2.45) is 5.92 Å². The molecule has 0 spiro atoms. The second-order valence-electron chi connectivity index (χ2n) is 4.85. The summed E-state index contributed by atoms with van der Waals surface area (Å²) >= 11 is 5.99. The summed E-state index contributed by atoms with van der Waals surface area (Å²) in [5, 5.41) is 4.57. The van der Waals surface area contributed by atoms with Gasteiger partial charge in [0, 0.05) is 26.3 Å². The number of nitrogens with zero attached hydrogens (tertiary/aromatic N) is 5. The van der Waals surface area contributed by atoms with E-state index in [9.17, 15) is 0 Å². The van der Waals surface area contributed by atoms with Crippen molar-refractivity contribution in [1.29, 1.82) is 0 Å². The van der Waals surface area contributed by atoms with E-state index in [2.05, 4.69) is 15.1 Å². The predicted octanol–water partition coefficient (Wildman–Crippen LogP) is 1.64. The van der Waals surface area contributed by atoms with Crippen LogP contribution in [-0.2, 0) is 4.74 Å². The van der Waals surface area contributed by atoms with Crippen molar-refractivity contribution in [3.8, 4) is 0 Å². The summed E-state index contributed by atoms with van der Waals surface area (Å²) in [6, 6.07) is 1.78. The van der Waals surface area contributed by atoms with Gasteiger partial charge < -0.3 is 9.64 Å². The van der Waals surface area contributed by atoms with E-state index < -0.39 is 0 Å². The van der Waals surface area contributed by atoms with Crippen molar-refractivity contribution in [3.05, 3.63) is 17.5 Å². The molecule has 1 aliphatic rings. The predicted molar refractivity (Wildman–Crippen MR) is 72.6 cm³/mol. The molecule has 3 rings (SSSR count). The van der Waals surface area contributed by atoms with Gasteiger partial charge in [0.05, 0.1) is 6.61 Å². The van der Waals surface area contributed by atoms with Gasteiger partial charge in [0.15, 0.2) is 0 Å². The van der Waals surface area contributed by atoms with Crippen LogP contribution >= 0.6 is 11.6 Å². The number of halogens is 1. The van der Waals surface area contributed by atoms with Crippen LogP contribution in [0.2, 0.25) is 5.15 Å². The van der Waals surface area contributed by atoms with Gasteiger partial charge in [-0.05, 0) is 18.8 Å². The normalized spacial score (nSPS) is 15.1. The molecule has 1 saturated carbocycles. The third kappa shape index (κ3) is 2.96. The standard InChI is InChI=1S/C12H16ClN5O/c1-17(4-5-19-7-9-2-3-9)11-6-10(13)16-12-14-8-15-18(11)12/h6,8-9H,2-5,7H2,1H3. The van der Waals surface area contributed by atoms with Crippen LogP contribution in [0, 0.1) is 5.92 Å². The van der Waals surface area contributed by atoms with E-state index in [1.165, 1.54) is 19.2 Å². The van der Waals surface area contributed by atoms with Gasteiger partial charge in [0.25, 0.3) is 5.78 Å². The Kier molecular flexibility index (Phi) is 3.52. The minimum atomic E-state index is 0.418. The molecule has 0 unspecified atom stereocenters. The van der Waals surface area contributed by atoms with Crippen LogP contribution in [0.25, 0.3) is 5.78 Å². The van der Waals surface area contributed by atoms with Gasteiger partial charge in [0.2, 0.25) is 0 Å². The van der Waals surface area contributed by atoms with E-state index in [-0.39, 0.29) is 0 Å². The van der Waals surface area contributed by atoms with Gasteiger partial charge in [-0.25, -0.2) is 0 Å². The second-order valence-corrected chi connectivity index (χ2v) is 5.24. The monoisotopic (exact) mass is 281 g/mol. The second kappa shape index (κ2) is 5.30. The molecule has 0 amide bonds. The number of rotatable bonds is 6. The van der Waals surface area contributed by atoms with Crippen molar-refractivity contribution in [2.45, 2.75) is 12.8 Å². The maximum Gasteiger partial charge on any atom is 0.255 e. The van der Waals surface area contributed by atoms with Crippen LogP contribution in [0.5, 0.6) is 0 Å². The molecule has 19 heavy (non-hydrogen) atoms. The van der Waals surface area contributed by atoms with E-state index in [0.717, 1.165) is 24.9 Å². The number of ether oxygens (including phenoxy) is 1. The summed E-state index contributed by atoms with van der Waals surface area (Å²) in [6.45, 7) is 2.36. The molecule has 0 N–H and O–H groups in total. The van der Waals surface area contributed by atoms with Crippen LogP contribution in [0.4, 0.5) is 5.82 Å². The van der Waals surface area contributed by atoms with E-state index in [1.54, 1.807) is 10.6 Å². The van der Waals surface area contributed by atoms with Gasteiger partial charge in [-0.15, -0.1) is 0 Å². The summed E-state index contributed by atoms with van der Waals surface area (Å²) in [6.07, 6.45) is 4.10. The molecule has 0 aromatic carbocycles. The maximum absolute atomic E-state index is 5.99. The van der Waals surface area contributed by atoms with E-state index in [1.807, 2.05) is 11.9 Å². The number of anilines is 1. The summed E-state index contributed by atoms with van der Waals surface area (Å²) in [7, 11) is 1.98. The topological polar surface area (TPSA) is 55.5 Å². The molecule has 2 heterocycles. The highest BCUT2D eigenvalue weighted by atomic mass is 35.5. The molecule has 1 aliphatic carbocycles. The highest BCUT2D eigenvalue weighted by molar-refractivity contribution is 6.29. The number of hydrogen-bond acceptors (Lipinski definition) is 5. The minimum absolute atomic E-state index is 0.418. The van der Waals surface area contributed by atoms with Crippen molar-refractivity contribution in [2.75, 3.05) is 31.7 Å². The lowest BCUT2D eigenvalue weighted by Crippen LogP contribution is -2.25. The highest BCUT2D eigenvalue weighted by Gasteiger charge is 2.21. The lowest BCUT2D eigenvalue weighted by atomic mass is 10.4. The number of hydrogen-bond donors (Lipinski definition) is 0. The molecule has 1 fully saturated rings. The number of aromatic nitrogens is 4. The Morgan fingerprint density at radius 2 is 2.37 bits per heavy atom. The fraction of sp³-hybridized carbons (Fsp3) is 0.583. The van der Waals surface area contributed by atoms with Crippen molar-refractivity contribution in [3.63, 3.8) is 0 Å². The van der Waals surface area contributed by atoms with Gasteiger partial charge in [-0.3, -0.25) is 0 Å². The SMILES string of the molecule is CN(CCOCC1CC1)c1cc(Cl)nc2ncnn12. The van der Waals surface area contributed by atoms with Crippen LogP contribution in [-0.4, -0.2) is 46.4 Å². The van der Waals surface area contributed by atoms with Crippen LogP contribution < -0.4 is 4.90 Å². The molecule has 0 radical (unpaired) electrons. The lowest BCUT2D eigenvalue weighted by molar-refractivity contribution is 0.130. The summed E-state index contributed by atoms with van der Waals surface area (Å²) < 4.78 is 7.31. The third-order valence-electron chi connectivity index (χ3n) is 3.21. The van der Waals surface area contributed by atoms with Crippen LogP contribution in [0.1, 0.15) is 12.8 Å².